The lowest BCUT2D eigenvalue weighted by molar-refractivity contribution is 0.0577. The first-order valence-corrected chi connectivity index (χ1v) is 13.6. The van der Waals surface area contributed by atoms with E-state index in [0.29, 0.717) is 35.1 Å². The third-order valence-electron chi connectivity index (χ3n) is 6.49. The number of ketones is 1. The van der Waals surface area contributed by atoms with Gasteiger partial charge in [-0.2, -0.15) is 5.10 Å². The van der Waals surface area contributed by atoms with Gasteiger partial charge < -0.3 is 20.2 Å². The average molecular weight is 586 g/mol. The van der Waals surface area contributed by atoms with E-state index in [1.54, 1.807) is 57.2 Å². The fourth-order valence-electron chi connectivity index (χ4n) is 4.16. The van der Waals surface area contributed by atoms with E-state index < -0.39 is 23.5 Å². The minimum Gasteiger partial charge on any atom is -0.444 e. The van der Waals surface area contributed by atoms with E-state index in [1.807, 2.05) is 0 Å². The number of oxazole rings is 1. The maximum absolute atomic E-state index is 13.1. The van der Waals surface area contributed by atoms with Crippen molar-refractivity contribution in [1.29, 1.82) is 0 Å². The topological polar surface area (TPSA) is 176 Å². The van der Waals surface area contributed by atoms with Crippen molar-refractivity contribution in [2.45, 2.75) is 46.1 Å². The first kappa shape index (κ1) is 29.2. The van der Waals surface area contributed by atoms with Gasteiger partial charge in [0.2, 0.25) is 5.89 Å². The minimum atomic E-state index is -0.847. The van der Waals surface area contributed by atoms with E-state index >= 15 is 0 Å². The van der Waals surface area contributed by atoms with E-state index in [2.05, 4.69) is 20.4 Å². The molecular formula is C30H31N7O6. The second kappa shape index (κ2) is 11.5. The van der Waals surface area contributed by atoms with Crippen LogP contribution >= 0.6 is 0 Å². The first-order chi connectivity index (χ1) is 20.4. The molecule has 222 valence electrons. The van der Waals surface area contributed by atoms with Gasteiger partial charge in [0.15, 0.2) is 17.2 Å². The Labute approximate surface area is 247 Å². The number of carbonyl (C=O) groups excluding carboxylic acids is 4. The van der Waals surface area contributed by atoms with Crippen LogP contribution in [0.1, 0.15) is 71.9 Å². The Balaban J connectivity index is 1.35. The molecule has 3 heterocycles. The lowest BCUT2D eigenvalue weighted by Gasteiger charge is -2.27. The highest BCUT2D eigenvalue weighted by Crippen LogP contribution is 2.33. The van der Waals surface area contributed by atoms with Gasteiger partial charge in [0.05, 0.1) is 17.6 Å². The van der Waals surface area contributed by atoms with Gasteiger partial charge in [-0.3, -0.25) is 19.3 Å². The molecule has 3 amide bonds. The normalized spacial score (nSPS) is 12.9. The number of primary amides is 1. The van der Waals surface area contributed by atoms with Gasteiger partial charge in [0.25, 0.3) is 11.8 Å². The van der Waals surface area contributed by atoms with Gasteiger partial charge >= 0.3 is 6.09 Å². The van der Waals surface area contributed by atoms with Gasteiger partial charge in [0.1, 0.15) is 17.7 Å². The maximum atomic E-state index is 13.1. The van der Waals surface area contributed by atoms with Crippen molar-refractivity contribution in [3.8, 4) is 17.1 Å². The number of hydrogen-bond donors (Lipinski definition) is 2. The van der Waals surface area contributed by atoms with Crippen molar-refractivity contribution in [1.82, 2.24) is 19.7 Å². The van der Waals surface area contributed by atoms with Crippen LogP contribution in [0.3, 0.4) is 0 Å². The predicted octanol–water partition coefficient (Wildman–Crippen LogP) is 4.63. The summed E-state index contributed by atoms with van der Waals surface area (Å²) >= 11 is 0. The Bertz CT molecular complexity index is 1700. The molecule has 1 aliphatic rings. The molecule has 0 atom stereocenters. The smallest absolute Gasteiger partial charge is 0.416 e. The Morgan fingerprint density at radius 3 is 2.49 bits per heavy atom. The van der Waals surface area contributed by atoms with Crippen LogP contribution < -0.4 is 16.0 Å². The van der Waals surface area contributed by atoms with Gasteiger partial charge in [-0.25, -0.2) is 19.4 Å². The molecule has 4 aromatic rings. The SMILES string of the molecule is CC(=O)c1ccc(-n2cc(NC(=O)c3coc(-c4ccnc(N(CC5CC5)C(=O)OC(C)(C)C)c4)n3)c(C(N)=O)n2)cc1. The lowest BCUT2D eigenvalue weighted by Crippen LogP contribution is -2.38. The molecule has 1 aromatic carbocycles. The van der Waals surface area contributed by atoms with E-state index in [4.69, 9.17) is 14.9 Å². The Kier molecular flexibility index (Phi) is 7.81. The molecule has 3 aromatic heterocycles. The highest BCUT2D eigenvalue weighted by Gasteiger charge is 2.31. The Hall–Kier alpha value is -5.33. The number of nitrogens with two attached hydrogens (primary N) is 1. The Morgan fingerprint density at radius 2 is 1.86 bits per heavy atom. The van der Waals surface area contributed by atoms with Crippen molar-refractivity contribution < 1.29 is 28.3 Å². The van der Waals surface area contributed by atoms with Gasteiger partial charge in [-0.1, -0.05) is 0 Å². The van der Waals surface area contributed by atoms with Crippen molar-refractivity contribution in [2.75, 3.05) is 16.8 Å². The second-order valence-electron chi connectivity index (χ2n) is 11.2. The third kappa shape index (κ3) is 6.94. The number of nitrogens with one attached hydrogen (secondary N) is 1. The molecule has 13 heteroatoms. The highest BCUT2D eigenvalue weighted by molar-refractivity contribution is 6.07. The van der Waals surface area contributed by atoms with Gasteiger partial charge in [-0.15, -0.1) is 0 Å². The van der Waals surface area contributed by atoms with Crippen LogP contribution in [0, 0.1) is 5.92 Å². The summed E-state index contributed by atoms with van der Waals surface area (Å²) in [5.74, 6) is -0.725. The second-order valence-corrected chi connectivity index (χ2v) is 11.2. The fraction of sp³-hybridized carbons (Fsp3) is 0.300. The Morgan fingerprint density at radius 1 is 1.14 bits per heavy atom. The van der Waals surface area contributed by atoms with Crippen LogP contribution in [0.2, 0.25) is 0 Å². The summed E-state index contributed by atoms with van der Waals surface area (Å²) in [5, 5.41) is 6.80. The fourth-order valence-corrected chi connectivity index (χ4v) is 4.16. The van der Waals surface area contributed by atoms with Crippen LogP contribution in [0.4, 0.5) is 16.3 Å². The van der Waals surface area contributed by atoms with E-state index in [9.17, 15) is 19.2 Å². The standard InChI is InChI=1S/C30H31N7O6/c1-17(38)19-7-9-21(10-8-19)37-15-22(25(35-37)26(31)39)33-27(40)23-16-42-28(34-23)20-11-12-32-24(13-20)36(14-18-5-6-18)29(41)43-30(2,3)4/h7-13,15-16,18H,5-6,14H2,1-4H3,(H2,31,39)(H,33,40). The summed E-state index contributed by atoms with van der Waals surface area (Å²) in [6.45, 7) is 7.33. The number of rotatable bonds is 9. The largest absolute Gasteiger partial charge is 0.444 e. The van der Waals surface area contributed by atoms with Crippen molar-refractivity contribution in [3.63, 3.8) is 0 Å². The molecule has 43 heavy (non-hydrogen) atoms. The van der Waals surface area contributed by atoms with Gasteiger partial charge in [-0.05, 0) is 82.9 Å². The molecule has 1 fully saturated rings. The number of nitrogens with zero attached hydrogens (tertiary/aromatic N) is 5. The molecule has 0 bridgehead atoms. The number of benzene rings is 1. The summed E-state index contributed by atoms with van der Waals surface area (Å²) in [6.07, 6.45) is 5.68. The molecule has 0 aliphatic heterocycles. The van der Waals surface area contributed by atoms with Crippen LogP contribution in [-0.4, -0.2) is 55.6 Å². The molecule has 1 saturated carbocycles. The van der Waals surface area contributed by atoms with Gasteiger partial charge in [0, 0.05) is 23.9 Å². The van der Waals surface area contributed by atoms with E-state index in [0.717, 1.165) is 12.8 Å². The first-order valence-electron chi connectivity index (χ1n) is 13.6. The molecule has 0 saturated heterocycles. The number of amides is 3. The molecule has 0 radical (unpaired) electrons. The number of Topliss-reactive ketones (excluding diaryl/α,β-unsaturated/α-hetero) is 1. The summed E-state index contributed by atoms with van der Waals surface area (Å²) < 4.78 is 12.5. The monoisotopic (exact) mass is 585 g/mol. The molecule has 0 spiro atoms. The third-order valence-corrected chi connectivity index (χ3v) is 6.49. The van der Waals surface area contributed by atoms with Crippen LogP contribution in [-0.2, 0) is 4.74 Å². The van der Waals surface area contributed by atoms with E-state index in [1.165, 1.54) is 35.2 Å². The van der Waals surface area contributed by atoms with Crippen LogP contribution in [0.15, 0.2) is 59.5 Å². The summed E-state index contributed by atoms with van der Waals surface area (Å²) in [4.78, 5) is 59.9. The van der Waals surface area contributed by atoms with Crippen LogP contribution in [0.5, 0.6) is 0 Å². The maximum Gasteiger partial charge on any atom is 0.416 e. The number of ether oxygens (including phenoxy) is 1. The zero-order valence-corrected chi connectivity index (χ0v) is 24.2. The van der Waals surface area contributed by atoms with Crippen LogP contribution in [0.25, 0.3) is 17.1 Å². The number of anilines is 2. The minimum absolute atomic E-state index is 0.0654. The highest BCUT2D eigenvalue weighted by atomic mass is 16.6. The van der Waals surface area contributed by atoms with Crippen molar-refractivity contribution in [3.05, 3.63) is 72.0 Å². The zero-order chi connectivity index (χ0) is 30.9. The lowest BCUT2D eigenvalue weighted by atomic mass is 10.1. The zero-order valence-electron chi connectivity index (χ0n) is 24.2. The number of pyridine rings is 1. The summed E-state index contributed by atoms with van der Waals surface area (Å²) in [7, 11) is 0. The molecular weight excluding hydrogens is 554 g/mol. The quantitative estimate of drug-likeness (QED) is 0.265. The average Bonchev–Trinajstić information content (AvgIpc) is 3.45. The number of carbonyl (C=O) groups is 4. The van der Waals surface area contributed by atoms with E-state index in [-0.39, 0.29) is 28.7 Å². The molecule has 13 nitrogen and oxygen atoms in total. The molecule has 5 rings (SSSR count). The summed E-state index contributed by atoms with van der Waals surface area (Å²) in [5.41, 5.74) is 6.23. The molecule has 1 aliphatic carbocycles. The predicted molar refractivity (Wildman–Crippen MR) is 156 cm³/mol. The molecule has 0 unspecified atom stereocenters. The molecule has 3 N–H and O–H groups in total. The van der Waals surface area contributed by atoms with Crippen molar-refractivity contribution in [2.24, 2.45) is 11.7 Å². The summed E-state index contributed by atoms with van der Waals surface area (Å²) in [6, 6.07) is 9.85. The number of hydrogen-bond acceptors (Lipinski definition) is 9. The number of aromatic nitrogens is 4. The van der Waals surface area contributed by atoms with Crippen molar-refractivity contribution >= 4 is 35.2 Å².